The van der Waals surface area contributed by atoms with Gasteiger partial charge in [0.2, 0.25) is 0 Å². The summed E-state index contributed by atoms with van der Waals surface area (Å²) in [4.78, 5) is 0. The molecule has 3 nitrogen and oxygen atoms in total. The van der Waals surface area contributed by atoms with Crippen molar-refractivity contribution in [2.75, 3.05) is 42.7 Å². The Balaban J connectivity index is -0.0000000169. The number of rotatable bonds is 0. The number of hydrogen-bond acceptors (Lipinski definition) is 3. The normalized spacial score (nSPS) is 5.58. The summed E-state index contributed by atoms with van der Waals surface area (Å²) in [7, 11) is 9.75. The van der Waals surface area contributed by atoms with E-state index < -0.39 is 0 Å². The van der Waals surface area contributed by atoms with E-state index in [-0.39, 0.29) is 363 Å². The van der Waals surface area contributed by atoms with Crippen LogP contribution in [0.25, 0.3) is 0 Å². The molecule has 0 heterocycles. The maximum absolute atomic E-state index is 4.25. The molecular formula is C130H255O3Y9-9. The number of hydrogen-bond donors (Lipinski definition) is 0. The molecule has 9 radical (unpaired) electrons. The fraction of sp³-hybridized carbons (Fsp3) is 0.423. The molecule has 0 unspecified atom stereocenters. The summed E-state index contributed by atoms with van der Waals surface area (Å²) < 4.78 is 12.8. The smallest absolute Gasteiger partial charge is 0.0351 e. The van der Waals surface area contributed by atoms with Gasteiger partial charge in [0.05, 0.1) is 0 Å². The largest absolute Gasteiger partial charge is 0.388 e. The van der Waals surface area contributed by atoms with Crippen LogP contribution < -0.4 is 0 Å². The molecule has 0 saturated heterocycles. The van der Waals surface area contributed by atoms with E-state index >= 15 is 0 Å². The average molecular weight is 2670 g/mol. The van der Waals surface area contributed by atoms with Gasteiger partial charge < -0.3 is 81.1 Å². The van der Waals surface area contributed by atoms with Gasteiger partial charge in [-0.2, -0.15) is 0 Å². The minimum Gasteiger partial charge on any atom is -0.388 e. The summed E-state index contributed by atoms with van der Waals surface area (Å²) >= 11 is 0. The predicted octanol–water partition coefficient (Wildman–Crippen LogP) is 48.0. The van der Waals surface area contributed by atoms with Gasteiger partial charge in [0.1, 0.15) is 0 Å². The zero-order valence-electron chi connectivity index (χ0n) is 107. The third-order valence-electron chi connectivity index (χ3n) is 7.33. The van der Waals surface area contributed by atoms with Crippen LogP contribution in [0.3, 0.4) is 0 Å². The van der Waals surface area contributed by atoms with Gasteiger partial charge >= 0.3 is 0 Å². The van der Waals surface area contributed by atoms with Gasteiger partial charge in [-0.15, -0.1) is 0 Å². The molecule has 142 heavy (non-hydrogen) atoms. The van der Waals surface area contributed by atoms with Gasteiger partial charge in [0.25, 0.3) is 0 Å². The fourth-order valence-electron chi connectivity index (χ4n) is 4.23. The molecule has 0 fully saturated rings. The minimum atomic E-state index is 0. The van der Waals surface area contributed by atoms with Gasteiger partial charge in [0, 0.05) is 338 Å². The van der Waals surface area contributed by atoms with Crippen LogP contribution >= 0.6 is 0 Å². The molecule has 11 aromatic carbocycles. The van der Waals surface area contributed by atoms with E-state index in [1.165, 1.54) is 12.8 Å². The number of benzene rings is 11. The number of methoxy groups -OCH3 is 3. The van der Waals surface area contributed by atoms with Crippen LogP contribution in [-0.2, 0) is 309 Å². The summed E-state index contributed by atoms with van der Waals surface area (Å²) in [5.74, 6) is 0. The number of ether oxygens (including phenoxy) is 3. The molecule has 0 atom stereocenters. The summed E-state index contributed by atoms with van der Waals surface area (Å²) in [6.07, 6.45) is 2.50. The molecule has 0 bridgehead atoms. The van der Waals surface area contributed by atoms with Gasteiger partial charge in [-0.1, -0.05) is 732 Å². The van der Waals surface area contributed by atoms with Gasteiger partial charge in [-0.3, -0.25) is 0 Å². The first kappa shape index (κ1) is 288. The van der Waals surface area contributed by atoms with Crippen molar-refractivity contribution in [3.8, 4) is 0 Å². The molecule has 0 saturated carbocycles. The second-order valence-corrected chi connectivity index (χ2v) is 18.3. The Morgan fingerprint density at radius 1 is 0.113 bits per heavy atom. The molecule has 829 valence electrons. The predicted molar refractivity (Wildman–Crippen MR) is 662 cm³/mol. The maximum Gasteiger partial charge on any atom is 0.0351 e. The molecule has 0 aliphatic heterocycles. The van der Waals surface area contributed by atoms with E-state index in [0.717, 1.165) is 0 Å². The molecule has 11 aromatic rings. The first-order valence-corrected chi connectivity index (χ1v) is 48.3. The quantitative estimate of drug-likeness (QED) is 0.142. The van der Waals surface area contributed by atoms with Gasteiger partial charge in [0.15, 0.2) is 0 Å². The van der Waals surface area contributed by atoms with Crippen LogP contribution in [0.15, 0.2) is 400 Å². The molecule has 11 rings (SSSR count). The average Bonchev–Trinajstić information content (AvgIpc) is 1.22. The third-order valence-corrected chi connectivity index (χ3v) is 7.33. The topological polar surface area (TPSA) is 27.7 Å². The van der Waals surface area contributed by atoms with Crippen molar-refractivity contribution in [3.63, 3.8) is 0 Å². The van der Waals surface area contributed by atoms with Crippen LogP contribution in [0.2, 0.25) is 0 Å². The van der Waals surface area contributed by atoms with Crippen molar-refractivity contribution < 1.29 is 310 Å². The Kier molecular flexibility index (Phi) is 942. The summed E-state index contributed by atoms with van der Waals surface area (Å²) in [5, 5.41) is 0. The first-order valence-electron chi connectivity index (χ1n) is 48.3. The van der Waals surface area contributed by atoms with Crippen molar-refractivity contribution in [1.82, 2.24) is 0 Å². The fourth-order valence-corrected chi connectivity index (χ4v) is 4.23. The second kappa shape index (κ2) is 464. The van der Waals surface area contributed by atoms with Crippen molar-refractivity contribution in [1.29, 1.82) is 0 Å². The summed E-state index contributed by atoms with van der Waals surface area (Å²) in [5.41, 5.74) is 0.500. The molecule has 0 aliphatic carbocycles. The van der Waals surface area contributed by atoms with E-state index in [0.29, 0.717) is 5.41 Å². The standard InChI is InChI=1S/11C6H6.C5H12.2C3H8.3C2H6O.19C2H6.9CH3.9Y.H2/c11*1-2-4-6-5-3-1;1-5(2,3)4;5*1-3-2;19*1-2;;;;;;;;;;;;;;;;;;;/h11*1-6H;1-4H3;2*3H2,1-2H3;3*1-2H3;19*1-2H3;9*1H3;;;;;;;;;;1H/q;;;;;;;;;;;;;;;;;;;;;;;;;;;;;;;;;;;;9*-1;;;;;;;;;;. The van der Waals surface area contributed by atoms with E-state index in [1.807, 2.05) is 663 Å². The van der Waals surface area contributed by atoms with Crippen LogP contribution in [0.5, 0.6) is 0 Å². The van der Waals surface area contributed by atoms with Crippen LogP contribution in [0, 0.1) is 72.3 Å². The maximum atomic E-state index is 4.25. The van der Waals surface area contributed by atoms with Gasteiger partial charge in [-0.25, -0.2) is 0 Å². The summed E-state index contributed by atoms with van der Waals surface area (Å²) in [6.45, 7) is 93.2. The van der Waals surface area contributed by atoms with Crippen LogP contribution in [0.4, 0.5) is 0 Å². The molecule has 0 amide bonds. The van der Waals surface area contributed by atoms with Crippen molar-refractivity contribution in [2.45, 2.75) is 331 Å². The van der Waals surface area contributed by atoms with Crippen molar-refractivity contribution >= 4 is 0 Å². The van der Waals surface area contributed by atoms with E-state index in [1.54, 1.807) is 42.7 Å². The minimum absolute atomic E-state index is 0. The van der Waals surface area contributed by atoms with Crippen LogP contribution in [0.1, 0.15) is 333 Å². The molecular weight excluding hydrogens is 2410 g/mol. The molecule has 0 aromatic heterocycles. The van der Waals surface area contributed by atoms with Crippen LogP contribution in [-0.4, -0.2) is 42.7 Å². The molecule has 0 N–H and O–H groups in total. The van der Waals surface area contributed by atoms with Crippen molar-refractivity contribution in [3.05, 3.63) is 467 Å². The van der Waals surface area contributed by atoms with E-state index in [2.05, 4.69) is 69.6 Å². The second-order valence-electron chi connectivity index (χ2n) is 18.3. The zero-order chi connectivity index (χ0) is 103. The molecule has 12 heteroatoms. The Morgan fingerprint density at radius 3 is 0.127 bits per heavy atom. The van der Waals surface area contributed by atoms with E-state index in [4.69, 9.17) is 0 Å². The third kappa shape index (κ3) is 614. The van der Waals surface area contributed by atoms with Gasteiger partial charge in [-0.05, 0) is 5.41 Å². The Labute approximate surface area is 1140 Å². The summed E-state index contributed by atoms with van der Waals surface area (Å²) in [6, 6.07) is 132. The van der Waals surface area contributed by atoms with E-state index in [9.17, 15) is 0 Å². The Bertz CT molecular complexity index is 1640. The molecule has 0 spiro atoms. The zero-order valence-corrected chi connectivity index (χ0v) is 133. The molecule has 0 aliphatic rings. The van der Waals surface area contributed by atoms with Crippen molar-refractivity contribution in [2.24, 2.45) is 5.41 Å². The Morgan fingerprint density at radius 2 is 0.120 bits per heavy atom. The Hall–Kier alpha value is 1.24. The monoisotopic (exact) mass is 2670 g/mol. The SMILES string of the molecule is CC.CC.CC.CC.CC.CC.CC.CC.CC.CC.CC.CC.CC.CC.CC.CC.CC.CC.CC.CC(C)(C)C.CCC.CCC.COC.COC.COC.[CH3-].[CH3-].[CH3-].[CH3-].[CH3-].[CH3-].[CH3-].[CH3-].[CH3-].[HH].[Y].[Y].[Y].[Y].[Y].[Y].[Y].[Y].[Y].c1ccccc1.c1ccccc1.c1ccccc1.c1ccccc1.c1ccccc1.c1ccccc1.c1ccccc1.c1ccccc1.c1ccccc1.c1ccccc1.c1ccccc1. The first-order chi connectivity index (χ1) is 61.1.